The van der Waals surface area contributed by atoms with E-state index in [0.29, 0.717) is 12.3 Å². The molecule has 2 rings (SSSR count). The van der Waals surface area contributed by atoms with Gasteiger partial charge < -0.3 is 4.42 Å². The molecular formula is C13H18N4O3. The largest absolute Gasteiger partial charge is 0.433 e. The van der Waals surface area contributed by atoms with Crippen molar-refractivity contribution in [2.24, 2.45) is 0 Å². The van der Waals surface area contributed by atoms with Gasteiger partial charge >= 0.3 is 5.88 Å². The van der Waals surface area contributed by atoms with Crippen molar-refractivity contribution < 1.29 is 9.34 Å². The molecule has 1 aromatic rings. The average molecular weight is 278 g/mol. The SMILES string of the molecule is CC(C)(C#N)N1CCN(Cc2ccc([N+](=O)[O-])o2)CC1. The zero-order valence-electron chi connectivity index (χ0n) is 11.7. The van der Waals surface area contributed by atoms with Crippen LogP contribution in [-0.4, -0.2) is 46.4 Å². The molecule has 0 saturated carbocycles. The highest BCUT2D eigenvalue weighted by molar-refractivity contribution is 5.17. The minimum absolute atomic E-state index is 0.218. The molecule has 7 nitrogen and oxygen atoms in total. The molecular weight excluding hydrogens is 260 g/mol. The third-order valence-electron chi connectivity index (χ3n) is 3.64. The van der Waals surface area contributed by atoms with Gasteiger partial charge in [-0.25, -0.2) is 0 Å². The molecule has 7 heteroatoms. The van der Waals surface area contributed by atoms with Crippen molar-refractivity contribution in [2.45, 2.75) is 25.9 Å². The highest BCUT2D eigenvalue weighted by Crippen LogP contribution is 2.20. The fourth-order valence-corrected chi connectivity index (χ4v) is 2.31. The van der Waals surface area contributed by atoms with Gasteiger partial charge in [0.25, 0.3) is 0 Å². The van der Waals surface area contributed by atoms with Gasteiger partial charge in [0.05, 0.1) is 18.7 Å². The van der Waals surface area contributed by atoms with Crippen molar-refractivity contribution in [2.75, 3.05) is 26.2 Å². The van der Waals surface area contributed by atoms with E-state index in [0.717, 1.165) is 26.2 Å². The zero-order chi connectivity index (χ0) is 14.8. The predicted octanol–water partition coefficient (Wildman–Crippen LogP) is 1.61. The van der Waals surface area contributed by atoms with Gasteiger partial charge in [0, 0.05) is 26.2 Å². The lowest BCUT2D eigenvalue weighted by Gasteiger charge is -2.40. The van der Waals surface area contributed by atoms with Gasteiger partial charge in [-0.3, -0.25) is 19.9 Å². The van der Waals surface area contributed by atoms with Gasteiger partial charge in [0.2, 0.25) is 0 Å². The molecule has 1 saturated heterocycles. The summed E-state index contributed by atoms with van der Waals surface area (Å²) in [7, 11) is 0. The van der Waals surface area contributed by atoms with Crippen LogP contribution in [0, 0.1) is 21.4 Å². The molecule has 2 heterocycles. The van der Waals surface area contributed by atoms with E-state index in [9.17, 15) is 10.1 Å². The van der Waals surface area contributed by atoms with E-state index in [1.165, 1.54) is 6.07 Å². The van der Waals surface area contributed by atoms with E-state index in [1.807, 2.05) is 13.8 Å². The summed E-state index contributed by atoms with van der Waals surface area (Å²) in [5.74, 6) is 0.383. The van der Waals surface area contributed by atoms with Crippen molar-refractivity contribution in [3.8, 4) is 6.07 Å². The van der Waals surface area contributed by atoms with Gasteiger partial charge in [-0.1, -0.05) is 0 Å². The van der Waals surface area contributed by atoms with E-state index < -0.39 is 10.5 Å². The van der Waals surface area contributed by atoms with E-state index in [1.54, 1.807) is 6.07 Å². The maximum atomic E-state index is 10.6. The summed E-state index contributed by atoms with van der Waals surface area (Å²) in [4.78, 5) is 14.3. The summed E-state index contributed by atoms with van der Waals surface area (Å²) >= 11 is 0. The van der Waals surface area contributed by atoms with Gasteiger partial charge in [0.1, 0.15) is 16.2 Å². The van der Waals surface area contributed by atoms with Crippen LogP contribution in [0.3, 0.4) is 0 Å². The fourth-order valence-electron chi connectivity index (χ4n) is 2.31. The first-order valence-electron chi connectivity index (χ1n) is 6.54. The maximum absolute atomic E-state index is 10.6. The first-order chi connectivity index (χ1) is 9.42. The van der Waals surface area contributed by atoms with E-state index in [2.05, 4.69) is 15.9 Å². The minimum Gasteiger partial charge on any atom is -0.404 e. The Kier molecular flexibility index (Phi) is 4.06. The summed E-state index contributed by atoms with van der Waals surface area (Å²) in [6, 6.07) is 5.33. The molecule has 0 aliphatic carbocycles. The van der Waals surface area contributed by atoms with Crippen molar-refractivity contribution in [3.05, 3.63) is 28.0 Å². The number of nitriles is 1. The Morgan fingerprint density at radius 1 is 1.40 bits per heavy atom. The van der Waals surface area contributed by atoms with E-state index >= 15 is 0 Å². The van der Waals surface area contributed by atoms with E-state index in [4.69, 9.17) is 9.68 Å². The van der Waals surface area contributed by atoms with Crippen LogP contribution in [0.5, 0.6) is 0 Å². The van der Waals surface area contributed by atoms with E-state index in [-0.39, 0.29) is 5.88 Å². The highest BCUT2D eigenvalue weighted by atomic mass is 16.6. The van der Waals surface area contributed by atoms with Crippen LogP contribution in [0.15, 0.2) is 16.5 Å². The number of rotatable bonds is 4. The summed E-state index contributed by atoms with van der Waals surface area (Å²) in [5, 5.41) is 19.7. The second-order valence-corrected chi connectivity index (χ2v) is 5.43. The smallest absolute Gasteiger partial charge is 0.404 e. The molecule has 0 radical (unpaired) electrons. The fraction of sp³-hybridized carbons (Fsp3) is 0.615. The first kappa shape index (κ1) is 14.5. The van der Waals surface area contributed by atoms with Crippen LogP contribution in [-0.2, 0) is 6.54 Å². The third-order valence-corrected chi connectivity index (χ3v) is 3.64. The van der Waals surface area contributed by atoms with Crippen LogP contribution in [0.4, 0.5) is 5.88 Å². The first-order valence-corrected chi connectivity index (χ1v) is 6.54. The van der Waals surface area contributed by atoms with Crippen molar-refractivity contribution in [3.63, 3.8) is 0 Å². The number of hydrogen-bond donors (Lipinski definition) is 0. The van der Waals surface area contributed by atoms with Crippen LogP contribution >= 0.6 is 0 Å². The molecule has 108 valence electrons. The molecule has 1 fully saturated rings. The number of piperazine rings is 1. The highest BCUT2D eigenvalue weighted by Gasteiger charge is 2.30. The summed E-state index contributed by atoms with van der Waals surface area (Å²) in [5.41, 5.74) is -0.449. The molecule has 0 aromatic carbocycles. The lowest BCUT2D eigenvalue weighted by molar-refractivity contribution is -0.402. The number of nitrogens with zero attached hydrogens (tertiary/aromatic N) is 4. The van der Waals surface area contributed by atoms with Crippen LogP contribution in [0.25, 0.3) is 0 Å². The van der Waals surface area contributed by atoms with Crippen molar-refractivity contribution in [1.82, 2.24) is 9.80 Å². The van der Waals surface area contributed by atoms with Gasteiger partial charge in [0.15, 0.2) is 0 Å². The average Bonchev–Trinajstić information content (AvgIpc) is 2.88. The molecule has 1 aliphatic rings. The number of nitro groups is 1. The lowest BCUT2D eigenvalue weighted by atomic mass is 10.0. The van der Waals surface area contributed by atoms with Gasteiger partial charge in [-0.15, -0.1) is 0 Å². The molecule has 0 atom stereocenters. The Balaban J connectivity index is 1.88. The van der Waals surface area contributed by atoms with Crippen LogP contribution in [0.2, 0.25) is 0 Å². The molecule has 0 amide bonds. The van der Waals surface area contributed by atoms with Crippen molar-refractivity contribution in [1.29, 1.82) is 5.26 Å². The Bertz CT molecular complexity index is 524. The molecule has 1 aliphatic heterocycles. The predicted molar refractivity (Wildman–Crippen MR) is 71.9 cm³/mol. The quantitative estimate of drug-likeness (QED) is 0.614. The third kappa shape index (κ3) is 3.15. The topological polar surface area (TPSA) is 86.5 Å². The standard InChI is InChI=1S/C13H18N4O3/c1-13(2,10-14)16-7-5-15(6-8-16)9-11-3-4-12(20-11)17(18)19/h3-4H,5-9H2,1-2H3. The number of hydrogen-bond acceptors (Lipinski definition) is 6. The summed E-state index contributed by atoms with van der Waals surface area (Å²) in [6.07, 6.45) is 0. The second-order valence-electron chi connectivity index (χ2n) is 5.43. The second kappa shape index (κ2) is 5.61. The van der Waals surface area contributed by atoms with Crippen LogP contribution < -0.4 is 0 Å². The molecule has 1 aromatic heterocycles. The Morgan fingerprint density at radius 2 is 2.05 bits per heavy atom. The lowest BCUT2D eigenvalue weighted by Crippen LogP contribution is -2.53. The molecule has 0 unspecified atom stereocenters. The maximum Gasteiger partial charge on any atom is 0.433 e. The zero-order valence-corrected chi connectivity index (χ0v) is 11.7. The Labute approximate surface area is 117 Å². The number of furan rings is 1. The Hall–Kier alpha value is -1.91. The Morgan fingerprint density at radius 3 is 2.55 bits per heavy atom. The molecule has 20 heavy (non-hydrogen) atoms. The molecule has 0 spiro atoms. The summed E-state index contributed by atoms with van der Waals surface area (Å²) in [6.45, 7) is 7.65. The summed E-state index contributed by atoms with van der Waals surface area (Å²) < 4.78 is 5.16. The van der Waals surface area contributed by atoms with Gasteiger partial charge in [-0.2, -0.15) is 5.26 Å². The monoisotopic (exact) mass is 278 g/mol. The van der Waals surface area contributed by atoms with Gasteiger partial charge in [-0.05, 0) is 19.9 Å². The van der Waals surface area contributed by atoms with Crippen molar-refractivity contribution >= 4 is 5.88 Å². The molecule has 0 N–H and O–H groups in total. The minimum atomic E-state index is -0.531. The normalized spacial score (nSPS) is 17.9. The molecule has 0 bridgehead atoms. The van der Waals surface area contributed by atoms with Crippen LogP contribution in [0.1, 0.15) is 19.6 Å².